The Balaban J connectivity index is 1.72. The van der Waals surface area contributed by atoms with Crippen LogP contribution in [0.3, 0.4) is 0 Å². The number of amides is 1. The Morgan fingerprint density at radius 3 is 2.58 bits per heavy atom. The first-order chi connectivity index (χ1) is 14.9. The van der Waals surface area contributed by atoms with Gasteiger partial charge in [-0.2, -0.15) is 0 Å². The average Bonchev–Trinajstić information content (AvgIpc) is 3.32. The van der Waals surface area contributed by atoms with E-state index in [1.165, 1.54) is 23.1 Å². The quantitative estimate of drug-likeness (QED) is 0.383. The zero-order chi connectivity index (χ0) is 21.7. The van der Waals surface area contributed by atoms with E-state index >= 15 is 0 Å². The number of anilines is 1. The molecule has 8 heteroatoms. The Labute approximate surface area is 185 Å². The molecule has 2 heterocycles. The van der Waals surface area contributed by atoms with E-state index in [9.17, 15) is 19.8 Å². The molecule has 0 spiro atoms. The van der Waals surface area contributed by atoms with Crippen molar-refractivity contribution in [3.8, 4) is 11.5 Å². The molecule has 1 amide bonds. The van der Waals surface area contributed by atoms with E-state index in [4.69, 9.17) is 0 Å². The SMILES string of the molecule is O=C1C(=O)N(c2ccc3nc[nH]c3c2)C(c2ccc(O)c(Br)c2)C1c1cccc(O)c1. The number of carbonyl (C=O) groups excluding carboxylic acids is 2. The molecule has 5 rings (SSSR count). The molecule has 0 saturated carbocycles. The van der Waals surface area contributed by atoms with Crippen LogP contribution in [-0.4, -0.2) is 31.9 Å². The Hall–Kier alpha value is -3.65. The zero-order valence-electron chi connectivity index (χ0n) is 16.0. The maximum Gasteiger partial charge on any atom is 0.295 e. The number of nitrogens with zero attached hydrogens (tertiary/aromatic N) is 2. The highest BCUT2D eigenvalue weighted by atomic mass is 79.9. The summed E-state index contributed by atoms with van der Waals surface area (Å²) < 4.78 is 0.454. The lowest BCUT2D eigenvalue weighted by Gasteiger charge is -2.28. The number of Topliss-reactive ketones (excluding diaryl/α,β-unsaturated/α-hetero) is 1. The second-order valence-electron chi connectivity index (χ2n) is 7.37. The van der Waals surface area contributed by atoms with E-state index in [1.54, 1.807) is 48.8 Å². The molecule has 7 nitrogen and oxygen atoms in total. The van der Waals surface area contributed by atoms with Crippen molar-refractivity contribution < 1.29 is 19.8 Å². The summed E-state index contributed by atoms with van der Waals surface area (Å²) >= 11 is 3.32. The van der Waals surface area contributed by atoms with Gasteiger partial charge in [0.15, 0.2) is 0 Å². The fourth-order valence-electron chi connectivity index (χ4n) is 4.12. The van der Waals surface area contributed by atoms with E-state index in [0.717, 1.165) is 11.0 Å². The molecule has 1 aliphatic rings. The molecule has 1 fully saturated rings. The zero-order valence-corrected chi connectivity index (χ0v) is 17.6. The average molecular weight is 478 g/mol. The van der Waals surface area contributed by atoms with E-state index in [1.807, 2.05) is 0 Å². The number of imidazole rings is 1. The van der Waals surface area contributed by atoms with Crippen molar-refractivity contribution in [2.75, 3.05) is 4.90 Å². The molecule has 0 radical (unpaired) electrons. The van der Waals surface area contributed by atoms with Crippen LogP contribution < -0.4 is 4.90 Å². The molecule has 154 valence electrons. The fourth-order valence-corrected chi connectivity index (χ4v) is 4.52. The lowest BCUT2D eigenvalue weighted by molar-refractivity contribution is -0.134. The topological polar surface area (TPSA) is 107 Å². The second-order valence-corrected chi connectivity index (χ2v) is 8.23. The van der Waals surface area contributed by atoms with Crippen LogP contribution in [0.25, 0.3) is 11.0 Å². The molecular weight excluding hydrogens is 462 g/mol. The van der Waals surface area contributed by atoms with E-state index in [0.29, 0.717) is 21.3 Å². The van der Waals surface area contributed by atoms with Crippen LogP contribution >= 0.6 is 15.9 Å². The highest BCUT2D eigenvalue weighted by molar-refractivity contribution is 9.10. The van der Waals surface area contributed by atoms with Crippen molar-refractivity contribution >= 4 is 44.3 Å². The molecule has 3 N–H and O–H groups in total. The van der Waals surface area contributed by atoms with Gasteiger partial charge in [-0.15, -0.1) is 0 Å². The first-order valence-electron chi connectivity index (χ1n) is 9.52. The van der Waals surface area contributed by atoms with E-state index in [-0.39, 0.29) is 11.5 Å². The number of carbonyl (C=O) groups is 2. The van der Waals surface area contributed by atoms with Gasteiger partial charge in [-0.1, -0.05) is 18.2 Å². The third-order valence-electron chi connectivity index (χ3n) is 5.53. The van der Waals surface area contributed by atoms with Crippen LogP contribution in [0.2, 0.25) is 0 Å². The van der Waals surface area contributed by atoms with E-state index in [2.05, 4.69) is 25.9 Å². The summed E-state index contributed by atoms with van der Waals surface area (Å²) in [4.78, 5) is 35.1. The number of aromatic nitrogens is 2. The van der Waals surface area contributed by atoms with Gasteiger partial charge in [-0.05, 0) is 69.5 Å². The van der Waals surface area contributed by atoms with Gasteiger partial charge in [0.1, 0.15) is 11.5 Å². The number of halogens is 1. The van der Waals surface area contributed by atoms with Crippen molar-refractivity contribution in [1.29, 1.82) is 0 Å². The molecule has 31 heavy (non-hydrogen) atoms. The molecule has 0 bridgehead atoms. The van der Waals surface area contributed by atoms with Gasteiger partial charge in [0.05, 0.1) is 33.8 Å². The normalized spacial score (nSPS) is 18.8. The maximum absolute atomic E-state index is 13.2. The summed E-state index contributed by atoms with van der Waals surface area (Å²) in [6, 6.07) is 15.9. The summed E-state index contributed by atoms with van der Waals surface area (Å²) in [7, 11) is 0. The molecule has 1 aromatic heterocycles. The predicted octanol–water partition coefficient (Wildman–Crippen LogP) is 4.18. The molecule has 3 aromatic carbocycles. The number of aromatic hydroxyl groups is 2. The van der Waals surface area contributed by atoms with Gasteiger partial charge in [0, 0.05) is 5.69 Å². The summed E-state index contributed by atoms with van der Waals surface area (Å²) in [6.07, 6.45) is 1.56. The lowest BCUT2D eigenvalue weighted by Crippen LogP contribution is -2.29. The molecule has 0 aliphatic carbocycles. The third-order valence-corrected chi connectivity index (χ3v) is 6.17. The largest absolute Gasteiger partial charge is 0.508 e. The minimum Gasteiger partial charge on any atom is -0.508 e. The Morgan fingerprint density at radius 1 is 0.968 bits per heavy atom. The van der Waals surface area contributed by atoms with Gasteiger partial charge in [-0.25, -0.2) is 4.98 Å². The molecular formula is C23H16BrN3O4. The minimum atomic E-state index is -0.825. The van der Waals surface area contributed by atoms with Crippen LogP contribution in [-0.2, 0) is 9.59 Å². The number of benzene rings is 3. The number of H-pyrrole nitrogens is 1. The summed E-state index contributed by atoms with van der Waals surface area (Å²) in [5.41, 5.74) is 3.24. The summed E-state index contributed by atoms with van der Waals surface area (Å²) in [5, 5.41) is 19.9. The number of aromatic amines is 1. The van der Waals surface area contributed by atoms with Gasteiger partial charge >= 0.3 is 0 Å². The van der Waals surface area contributed by atoms with Crippen LogP contribution in [0, 0.1) is 0 Å². The summed E-state index contributed by atoms with van der Waals surface area (Å²) in [5.74, 6) is -1.96. The first kappa shape index (κ1) is 19.3. The number of fused-ring (bicyclic) bond motifs is 1. The standard InChI is InChI=1S/C23H16BrN3O4/c24-16-9-13(4-7-19(16)29)21-20(12-2-1-3-15(28)8-12)22(30)23(31)27(21)14-5-6-17-18(10-14)26-11-25-17/h1-11,20-21,28-29H,(H,25,26). The number of phenolic OH excluding ortho intramolecular Hbond substituents is 2. The second kappa shape index (κ2) is 7.24. The smallest absolute Gasteiger partial charge is 0.295 e. The lowest BCUT2D eigenvalue weighted by atomic mass is 9.86. The van der Waals surface area contributed by atoms with Crippen molar-refractivity contribution in [3.63, 3.8) is 0 Å². The third kappa shape index (κ3) is 3.16. The highest BCUT2D eigenvalue weighted by Gasteiger charge is 2.49. The van der Waals surface area contributed by atoms with Gasteiger partial charge in [0.2, 0.25) is 5.78 Å². The number of ketones is 1. The van der Waals surface area contributed by atoms with Crippen LogP contribution in [0.5, 0.6) is 11.5 Å². The van der Waals surface area contributed by atoms with Gasteiger partial charge in [-0.3, -0.25) is 14.5 Å². The van der Waals surface area contributed by atoms with Crippen molar-refractivity contribution in [1.82, 2.24) is 9.97 Å². The predicted molar refractivity (Wildman–Crippen MR) is 118 cm³/mol. The fraction of sp³-hybridized carbons (Fsp3) is 0.0870. The molecule has 1 saturated heterocycles. The molecule has 4 aromatic rings. The summed E-state index contributed by atoms with van der Waals surface area (Å²) in [6.45, 7) is 0. The minimum absolute atomic E-state index is 0.0146. The first-order valence-corrected chi connectivity index (χ1v) is 10.3. The number of phenols is 2. The Morgan fingerprint density at radius 2 is 1.81 bits per heavy atom. The number of hydrogen-bond donors (Lipinski definition) is 3. The van der Waals surface area contributed by atoms with Crippen LogP contribution in [0.4, 0.5) is 5.69 Å². The number of hydrogen-bond acceptors (Lipinski definition) is 5. The van der Waals surface area contributed by atoms with Crippen molar-refractivity contribution in [2.45, 2.75) is 12.0 Å². The van der Waals surface area contributed by atoms with E-state index < -0.39 is 23.7 Å². The molecule has 2 unspecified atom stereocenters. The Bertz CT molecular complexity index is 1350. The van der Waals surface area contributed by atoms with Crippen LogP contribution in [0.1, 0.15) is 23.1 Å². The van der Waals surface area contributed by atoms with Gasteiger partial charge in [0.25, 0.3) is 5.91 Å². The number of nitrogens with one attached hydrogen (secondary N) is 1. The number of rotatable bonds is 3. The highest BCUT2D eigenvalue weighted by Crippen LogP contribution is 2.46. The van der Waals surface area contributed by atoms with Crippen molar-refractivity contribution in [3.05, 3.63) is 82.6 Å². The Kier molecular flexibility index (Phi) is 4.51. The monoisotopic (exact) mass is 477 g/mol. The molecule has 2 atom stereocenters. The van der Waals surface area contributed by atoms with Crippen molar-refractivity contribution in [2.24, 2.45) is 0 Å². The van der Waals surface area contributed by atoms with Crippen LogP contribution in [0.15, 0.2) is 71.5 Å². The van der Waals surface area contributed by atoms with Gasteiger partial charge < -0.3 is 15.2 Å². The molecule has 1 aliphatic heterocycles. The maximum atomic E-state index is 13.2.